The molecule has 1 amide bonds. The number of nitrogens with zero attached hydrogens (tertiary/aromatic N) is 3. The first-order valence-corrected chi connectivity index (χ1v) is 8.09. The molecule has 31 heavy (non-hydrogen) atoms. The van der Waals surface area contributed by atoms with Crippen LogP contribution >= 0.6 is 0 Å². The highest BCUT2D eigenvalue weighted by Crippen LogP contribution is 2.20. The molecule has 0 aliphatic heterocycles. The average Bonchev–Trinajstić information content (AvgIpc) is 2.73. The number of carbonyl (C=O) groups excluding carboxylic acids is 2. The van der Waals surface area contributed by atoms with E-state index in [9.17, 15) is 14.9 Å². The summed E-state index contributed by atoms with van der Waals surface area (Å²) in [4.78, 5) is 28.1. The van der Waals surface area contributed by atoms with Crippen molar-refractivity contribution < 1.29 is 18.9 Å². The summed E-state index contributed by atoms with van der Waals surface area (Å²) in [5, 5.41) is 9.36. The zero-order valence-electron chi connectivity index (χ0n) is 15.9. The Kier molecular flexibility index (Phi) is 7.53. The molecule has 0 spiro atoms. The quantitative estimate of drug-likeness (QED) is 0.475. The maximum Gasteiger partial charge on any atom is 0.378 e. The van der Waals surface area contributed by atoms with Gasteiger partial charge in [-0.2, -0.15) is 5.26 Å². The maximum atomic E-state index is 12.6. The van der Waals surface area contributed by atoms with Crippen LogP contribution in [0.2, 0.25) is 0 Å². The molecule has 1 aromatic carbocycles. The first-order chi connectivity index (χ1) is 14.5. The zero-order chi connectivity index (χ0) is 23.6. The Labute approximate surface area is 190 Å². The summed E-state index contributed by atoms with van der Waals surface area (Å²) in [7, 11) is 51.3. The van der Waals surface area contributed by atoms with Crippen molar-refractivity contribution >= 4 is 116 Å². The minimum Gasteiger partial charge on any atom is -0.567 e. The lowest BCUT2D eigenvalue weighted by atomic mass is 9.61. The van der Waals surface area contributed by atoms with Gasteiger partial charge in [-0.05, 0) is 22.2 Å². The molecule has 0 bridgehead atoms. The van der Waals surface area contributed by atoms with Crippen LogP contribution < -0.4 is 37.6 Å². The van der Waals surface area contributed by atoms with Crippen LogP contribution in [-0.4, -0.2) is 99.4 Å². The molecule has 7 nitrogen and oxygen atoms in total. The van der Waals surface area contributed by atoms with Crippen LogP contribution in [-0.2, 0) is 9.45 Å². The third kappa shape index (κ3) is 4.32. The lowest BCUT2D eigenvalue weighted by Gasteiger charge is -2.25. The largest absolute Gasteiger partial charge is 0.567 e. The van der Waals surface area contributed by atoms with Crippen LogP contribution in [0.1, 0.15) is 16.1 Å². The fourth-order valence-corrected chi connectivity index (χ4v) is 2.74. The summed E-state index contributed by atoms with van der Waals surface area (Å²) in [6.45, 7) is -0.734. The minimum atomic E-state index is -1.06. The van der Waals surface area contributed by atoms with E-state index < -0.39 is 29.9 Å². The average molecular weight is 386 g/mol. The van der Waals surface area contributed by atoms with Gasteiger partial charge in [0.25, 0.3) is 5.91 Å². The van der Waals surface area contributed by atoms with Gasteiger partial charge >= 0.3 is 22.1 Å². The lowest BCUT2D eigenvalue weighted by molar-refractivity contribution is -0.133. The fourth-order valence-electron chi connectivity index (χ4n) is 2.74. The molecule has 0 atom stereocenters. The second kappa shape index (κ2) is 9.55. The molecule has 0 unspecified atom stereocenters. The van der Waals surface area contributed by atoms with E-state index in [4.69, 9.17) is 75.8 Å². The molecule has 2 aromatic rings. The Bertz CT molecular complexity index is 1140. The molecule has 0 aliphatic carbocycles. The van der Waals surface area contributed by atoms with Gasteiger partial charge in [0.1, 0.15) is 59.4 Å². The van der Waals surface area contributed by atoms with Crippen LogP contribution in [0.3, 0.4) is 0 Å². The highest BCUT2D eigenvalue weighted by molar-refractivity contribution is 6.63. The van der Waals surface area contributed by atoms with Gasteiger partial charge in [-0.3, -0.25) is 14.6 Å². The topological polar surface area (TPSA) is 92.5 Å². The van der Waals surface area contributed by atoms with Gasteiger partial charge in [0, 0.05) is 5.56 Å². The standard InChI is InChI=1S/C15H2B9N3O4/c16-7-3(1-25)8(17)11(20)9(18)5(7)6-10(19)13(31-24)12(26-14(6)21)15(29)27(22)2-4(28)30-23/h2H2. The minimum absolute atomic E-state index is 0.0700. The van der Waals surface area contributed by atoms with Gasteiger partial charge in [-0.25, -0.2) is 0 Å². The summed E-state index contributed by atoms with van der Waals surface area (Å²) < 4.78 is 8.64. The first kappa shape index (κ1) is 24.5. The van der Waals surface area contributed by atoms with Crippen molar-refractivity contribution in [3.8, 4) is 22.9 Å². The molecule has 0 aliphatic rings. The van der Waals surface area contributed by atoms with Crippen molar-refractivity contribution in [1.82, 2.24) is 9.79 Å². The molecule has 1 aromatic heterocycles. The number of pyridine rings is 1. The third-order valence-corrected chi connectivity index (χ3v) is 4.25. The third-order valence-electron chi connectivity index (χ3n) is 4.25. The summed E-state index contributed by atoms with van der Waals surface area (Å²) in [6, 6.07) is 1.80. The molecule has 0 saturated carbocycles. The molecule has 0 N–H and O–H groups in total. The number of hydrogen-bond donors (Lipinski definition) is 0. The maximum absolute atomic E-state index is 12.6. The van der Waals surface area contributed by atoms with Gasteiger partial charge in [0.05, 0.1) is 6.07 Å². The number of benzene rings is 1. The van der Waals surface area contributed by atoms with Gasteiger partial charge in [-0.15, -0.1) is 5.46 Å². The van der Waals surface area contributed by atoms with E-state index >= 15 is 0 Å². The molecule has 0 fully saturated rings. The number of aromatic nitrogens is 1. The van der Waals surface area contributed by atoms with E-state index in [1.165, 1.54) is 0 Å². The SMILES string of the molecule is [B]OC(=O)CN([B])C(=O)c1nc([B])c(-c2c([B])c([B])c([B])c(C#N)c2[B])c([B])c1O[B]. The van der Waals surface area contributed by atoms with Crippen LogP contribution in [0.25, 0.3) is 11.1 Å². The van der Waals surface area contributed by atoms with E-state index in [2.05, 4.69) is 9.64 Å². The van der Waals surface area contributed by atoms with E-state index in [1.54, 1.807) is 6.07 Å². The molecule has 1 heterocycles. The number of amides is 1. The summed E-state index contributed by atoms with van der Waals surface area (Å²) in [6.07, 6.45) is 0. The van der Waals surface area contributed by atoms with Gasteiger partial charge in [0.2, 0.25) is 7.98 Å². The van der Waals surface area contributed by atoms with Crippen molar-refractivity contribution in [2.24, 2.45) is 0 Å². The number of hydrogen-bond acceptors (Lipinski definition) is 6. The Morgan fingerprint density at radius 2 is 1.55 bits per heavy atom. The van der Waals surface area contributed by atoms with Crippen LogP contribution in [0.5, 0.6) is 5.75 Å². The second-order valence-electron chi connectivity index (χ2n) is 6.02. The number of rotatable bonds is 5. The number of nitriles is 1. The van der Waals surface area contributed by atoms with Crippen molar-refractivity contribution in [2.45, 2.75) is 0 Å². The second-order valence-corrected chi connectivity index (χ2v) is 6.02. The van der Waals surface area contributed by atoms with Crippen LogP contribution in [0.15, 0.2) is 0 Å². The fraction of sp³-hybridized carbons (Fsp3) is 0.0667. The summed E-state index contributed by atoms with van der Waals surface area (Å²) >= 11 is 0. The van der Waals surface area contributed by atoms with Crippen LogP contribution in [0, 0.1) is 11.3 Å². The van der Waals surface area contributed by atoms with Crippen molar-refractivity contribution in [3.63, 3.8) is 0 Å². The van der Waals surface area contributed by atoms with Gasteiger partial charge in [-0.1, -0.05) is 16.4 Å². The molecule has 18 radical (unpaired) electrons. The van der Waals surface area contributed by atoms with Gasteiger partial charge < -0.3 is 14.1 Å². The Balaban J connectivity index is 2.79. The van der Waals surface area contributed by atoms with Crippen LogP contribution in [0.4, 0.5) is 0 Å². The van der Waals surface area contributed by atoms with Crippen molar-refractivity contribution in [3.05, 3.63) is 11.3 Å². The van der Waals surface area contributed by atoms with E-state index in [1.807, 2.05) is 0 Å². The zero-order valence-corrected chi connectivity index (χ0v) is 15.9. The smallest absolute Gasteiger partial charge is 0.378 e. The molecule has 0 saturated heterocycles. The number of carbonyl (C=O) groups is 2. The molecule has 128 valence electrons. The Morgan fingerprint density at radius 1 is 0.935 bits per heavy atom. The van der Waals surface area contributed by atoms with Crippen molar-refractivity contribution in [2.75, 3.05) is 6.54 Å². The Hall–Kier alpha value is -2.82. The van der Waals surface area contributed by atoms with Gasteiger partial charge in [0.15, 0.2) is 5.69 Å². The molecular weight excluding hydrogens is 383 g/mol. The molecule has 16 heteroatoms. The predicted molar refractivity (Wildman–Crippen MR) is 122 cm³/mol. The van der Waals surface area contributed by atoms with E-state index in [0.29, 0.717) is 4.81 Å². The monoisotopic (exact) mass is 387 g/mol. The Morgan fingerprint density at radius 3 is 2.06 bits per heavy atom. The first-order valence-electron chi connectivity index (χ1n) is 8.09. The van der Waals surface area contributed by atoms with E-state index in [0.717, 1.165) is 0 Å². The highest BCUT2D eigenvalue weighted by Gasteiger charge is 2.26. The summed E-state index contributed by atoms with van der Waals surface area (Å²) in [5.41, 5.74) is -2.26. The predicted octanol–water partition coefficient (Wildman–Crippen LogP) is -7.00. The summed E-state index contributed by atoms with van der Waals surface area (Å²) in [5.74, 6) is -2.56. The lowest BCUT2D eigenvalue weighted by Crippen LogP contribution is -2.48. The van der Waals surface area contributed by atoms with E-state index in [-0.39, 0.29) is 49.6 Å². The van der Waals surface area contributed by atoms with Crippen molar-refractivity contribution in [1.29, 1.82) is 5.26 Å². The highest BCUT2D eigenvalue weighted by atomic mass is 16.5. The molecule has 2 rings (SSSR count). The molecular formula is C15H2B9N3O4. The normalized spacial score (nSPS) is 10.2.